The van der Waals surface area contributed by atoms with Gasteiger partial charge in [-0.05, 0) is 58.0 Å². The van der Waals surface area contributed by atoms with E-state index < -0.39 is 23.8 Å². The van der Waals surface area contributed by atoms with Gasteiger partial charge in [0.1, 0.15) is 0 Å². The van der Waals surface area contributed by atoms with Crippen molar-refractivity contribution in [3.63, 3.8) is 0 Å². The number of nitrogens with one attached hydrogen (secondary N) is 1. The molecular weight excluding hydrogens is 447 g/mol. The van der Waals surface area contributed by atoms with Crippen molar-refractivity contribution in [1.82, 2.24) is 10.2 Å². The molecule has 0 aliphatic heterocycles. The van der Waals surface area contributed by atoms with Gasteiger partial charge in [-0.25, -0.2) is 4.79 Å². The lowest BCUT2D eigenvalue weighted by Crippen LogP contribution is -2.51. The standard InChI is InChI=1S/C19H19IN2O4/c1-21-17(23)16(19(25)26-3)22(2)18(24)14-6-4-12(5-7-14)13-8-10-15(20)11-9-13/h4-11,16H,1-3H3,(H,21,23). The van der Waals surface area contributed by atoms with E-state index in [-0.39, 0.29) is 0 Å². The van der Waals surface area contributed by atoms with E-state index >= 15 is 0 Å². The first-order valence-corrected chi connectivity index (χ1v) is 8.89. The Hall–Kier alpha value is -2.42. The van der Waals surface area contributed by atoms with Crippen LogP contribution in [0, 0.1) is 3.57 Å². The van der Waals surface area contributed by atoms with Crippen LogP contribution < -0.4 is 5.32 Å². The fourth-order valence-corrected chi connectivity index (χ4v) is 2.82. The van der Waals surface area contributed by atoms with Crippen molar-refractivity contribution in [2.24, 2.45) is 0 Å². The molecule has 0 aliphatic rings. The van der Waals surface area contributed by atoms with Crippen LogP contribution >= 0.6 is 22.6 Å². The number of nitrogens with zero attached hydrogens (tertiary/aromatic N) is 1. The Morgan fingerprint density at radius 1 is 1.00 bits per heavy atom. The van der Waals surface area contributed by atoms with E-state index in [2.05, 4.69) is 32.6 Å². The molecule has 0 heterocycles. The van der Waals surface area contributed by atoms with Crippen LogP contribution in [-0.2, 0) is 14.3 Å². The highest BCUT2D eigenvalue weighted by Gasteiger charge is 2.34. The van der Waals surface area contributed by atoms with Gasteiger partial charge in [-0.3, -0.25) is 9.59 Å². The summed E-state index contributed by atoms with van der Waals surface area (Å²) in [6.45, 7) is 0. The van der Waals surface area contributed by atoms with Gasteiger partial charge in [0.15, 0.2) is 0 Å². The molecule has 0 radical (unpaired) electrons. The number of methoxy groups -OCH3 is 1. The van der Waals surface area contributed by atoms with Crippen molar-refractivity contribution in [2.75, 3.05) is 21.2 Å². The largest absolute Gasteiger partial charge is 0.467 e. The number of amides is 2. The maximum atomic E-state index is 12.7. The lowest BCUT2D eigenvalue weighted by molar-refractivity contribution is -0.150. The van der Waals surface area contributed by atoms with Crippen LogP contribution in [-0.4, -0.2) is 49.9 Å². The minimum Gasteiger partial charge on any atom is -0.467 e. The zero-order chi connectivity index (χ0) is 19.3. The average Bonchev–Trinajstić information content (AvgIpc) is 2.67. The van der Waals surface area contributed by atoms with Gasteiger partial charge in [0.05, 0.1) is 7.11 Å². The van der Waals surface area contributed by atoms with Gasteiger partial charge in [-0.2, -0.15) is 0 Å². The van der Waals surface area contributed by atoms with Crippen LogP contribution in [0.15, 0.2) is 48.5 Å². The second-order valence-corrected chi connectivity index (χ2v) is 6.79. The SMILES string of the molecule is CNC(=O)C(C(=O)OC)N(C)C(=O)c1ccc(-c2ccc(I)cc2)cc1. The number of likely N-dealkylation sites (N-methyl/N-ethyl adjacent to an activating group) is 2. The number of carbonyl (C=O) groups is 3. The quantitative estimate of drug-likeness (QED) is 0.417. The monoisotopic (exact) mass is 466 g/mol. The summed E-state index contributed by atoms with van der Waals surface area (Å²) in [4.78, 5) is 37.6. The second kappa shape index (κ2) is 8.79. The molecule has 2 aromatic rings. The molecule has 0 saturated heterocycles. The molecule has 2 amide bonds. The molecule has 26 heavy (non-hydrogen) atoms. The van der Waals surface area contributed by atoms with Crippen LogP contribution in [0.2, 0.25) is 0 Å². The maximum Gasteiger partial charge on any atom is 0.338 e. The Kier molecular flexibility index (Phi) is 6.73. The van der Waals surface area contributed by atoms with Crippen molar-refractivity contribution < 1.29 is 19.1 Å². The Balaban J connectivity index is 2.24. The molecule has 0 bridgehead atoms. The number of rotatable bonds is 5. The lowest BCUT2D eigenvalue weighted by Gasteiger charge is -2.24. The molecule has 7 heteroatoms. The van der Waals surface area contributed by atoms with Gasteiger partial charge in [0, 0.05) is 23.2 Å². The molecular formula is C19H19IN2O4. The third-order valence-corrected chi connectivity index (χ3v) is 4.66. The first-order valence-electron chi connectivity index (χ1n) is 7.81. The summed E-state index contributed by atoms with van der Waals surface area (Å²) in [5.74, 6) is -1.85. The molecule has 0 saturated carbocycles. The normalized spacial score (nSPS) is 11.4. The Labute approximate surface area is 165 Å². The fraction of sp³-hybridized carbons (Fsp3) is 0.211. The predicted molar refractivity (Wildman–Crippen MR) is 107 cm³/mol. The van der Waals surface area contributed by atoms with Crippen LogP contribution in [0.5, 0.6) is 0 Å². The molecule has 2 aromatic carbocycles. The summed E-state index contributed by atoms with van der Waals surface area (Å²) in [5.41, 5.74) is 2.38. The Bertz CT molecular complexity index is 787. The predicted octanol–water partition coefficient (Wildman–Crippen LogP) is 2.32. The summed E-state index contributed by atoms with van der Waals surface area (Å²) >= 11 is 2.24. The Morgan fingerprint density at radius 3 is 1.96 bits per heavy atom. The molecule has 0 aliphatic carbocycles. The van der Waals surface area contributed by atoms with Gasteiger partial charge in [0.25, 0.3) is 11.8 Å². The van der Waals surface area contributed by atoms with Gasteiger partial charge in [-0.1, -0.05) is 24.3 Å². The number of halogens is 1. The van der Waals surface area contributed by atoms with Crippen LogP contribution in [0.25, 0.3) is 11.1 Å². The van der Waals surface area contributed by atoms with E-state index in [4.69, 9.17) is 0 Å². The van der Waals surface area contributed by atoms with Gasteiger partial charge in [-0.15, -0.1) is 0 Å². The molecule has 1 N–H and O–H groups in total. The van der Waals surface area contributed by atoms with Crippen LogP contribution in [0.4, 0.5) is 0 Å². The summed E-state index contributed by atoms with van der Waals surface area (Å²) in [7, 11) is 3.96. The molecule has 0 spiro atoms. The first-order chi connectivity index (χ1) is 12.4. The highest BCUT2D eigenvalue weighted by Crippen LogP contribution is 2.21. The van der Waals surface area contributed by atoms with Gasteiger partial charge in [0.2, 0.25) is 6.04 Å². The molecule has 0 aromatic heterocycles. The lowest BCUT2D eigenvalue weighted by atomic mass is 10.0. The summed E-state index contributed by atoms with van der Waals surface area (Å²) in [6, 6.07) is 13.7. The number of benzene rings is 2. The first kappa shape index (κ1) is 19.9. The zero-order valence-corrected chi connectivity index (χ0v) is 16.8. The van der Waals surface area contributed by atoms with E-state index in [1.807, 2.05) is 36.4 Å². The highest BCUT2D eigenvalue weighted by atomic mass is 127. The molecule has 1 atom stereocenters. The summed E-state index contributed by atoms with van der Waals surface area (Å²) < 4.78 is 5.78. The number of carbonyl (C=O) groups excluding carboxylic acids is 3. The zero-order valence-electron chi connectivity index (χ0n) is 14.7. The second-order valence-electron chi connectivity index (χ2n) is 5.54. The van der Waals surface area contributed by atoms with E-state index in [1.165, 1.54) is 21.2 Å². The molecule has 2 rings (SSSR count). The van der Waals surface area contributed by atoms with Crippen molar-refractivity contribution in [3.8, 4) is 11.1 Å². The van der Waals surface area contributed by atoms with E-state index in [0.29, 0.717) is 5.56 Å². The molecule has 136 valence electrons. The number of hydrogen-bond acceptors (Lipinski definition) is 4. The number of esters is 1. The maximum absolute atomic E-state index is 12.7. The topological polar surface area (TPSA) is 75.7 Å². The Morgan fingerprint density at radius 2 is 1.50 bits per heavy atom. The third kappa shape index (κ3) is 4.40. The fourth-order valence-electron chi connectivity index (χ4n) is 2.46. The van der Waals surface area contributed by atoms with Crippen LogP contribution in [0.1, 0.15) is 10.4 Å². The van der Waals surface area contributed by atoms with Crippen LogP contribution in [0.3, 0.4) is 0 Å². The third-order valence-electron chi connectivity index (χ3n) is 3.94. The van der Waals surface area contributed by atoms with Crippen molar-refractivity contribution >= 4 is 40.4 Å². The van der Waals surface area contributed by atoms with Gasteiger partial charge >= 0.3 is 5.97 Å². The van der Waals surface area contributed by atoms with Crippen molar-refractivity contribution in [2.45, 2.75) is 6.04 Å². The van der Waals surface area contributed by atoms with Crippen molar-refractivity contribution in [1.29, 1.82) is 0 Å². The van der Waals surface area contributed by atoms with E-state index in [9.17, 15) is 14.4 Å². The minimum absolute atomic E-state index is 0.375. The van der Waals surface area contributed by atoms with Gasteiger partial charge < -0.3 is 15.0 Å². The molecule has 1 unspecified atom stereocenters. The molecule has 6 nitrogen and oxygen atoms in total. The summed E-state index contributed by atoms with van der Waals surface area (Å²) in [6.07, 6.45) is 0. The number of hydrogen-bond donors (Lipinski definition) is 1. The molecule has 0 fully saturated rings. The minimum atomic E-state index is -1.34. The smallest absolute Gasteiger partial charge is 0.338 e. The van der Waals surface area contributed by atoms with Crippen molar-refractivity contribution in [3.05, 3.63) is 57.7 Å². The average molecular weight is 466 g/mol. The highest BCUT2D eigenvalue weighted by molar-refractivity contribution is 14.1. The summed E-state index contributed by atoms with van der Waals surface area (Å²) in [5, 5.41) is 2.37. The van der Waals surface area contributed by atoms with E-state index in [1.54, 1.807) is 12.1 Å². The number of ether oxygens (including phenoxy) is 1. The van der Waals surface area contributed by atoms with E-state index in [0.717, 1.165) is 19.6 Å².